The zero-order chi connectivity index (χ0) is 21.2. The first-order valence-electron chi connectivity index (χ1n) is 8.59. The van der Waals surface area contributed by atoms with Crippen molar-refractivity contribution < 1.29 is 21.6 Å². The molecule has 0 amide bonds. The average molecular weight is 475 g/mol. The Morgan fingerprint density at radius 2 is 1.72 bits per heavy atom. The number of benzene rings is 2. The minimum Gasteiger partial charge on any atom is -0.380 e. The van der Waals surface area contributed by atoms with E-state index < -0.39 is 19.9 Å². The highest BCUT2D eigenvalue weighted by atomic mass is 35.5. The fraction of sp³-hybridized carbons (Fsp3) is 0.278. The summed E-state index contributed by atoms with van der Waals surface area (Å²) >= 11 is 6.94. The Kier molecular flexibility index (Phi) is 6.49. The third-order valence-electron chi connectivity index (χ3n) is 4.06. The summed E-state index contributed by atoms with van der Waals surface area (Å²) in [7, 11) is -7.36. The zero-order valence-corrected chi connectivity index (χ0v) is 18.9. The van der Waals surface area contributed by atoms with Crippen molar-refractivity contribution in [1.29, 1.82) is 0 Å². The molecule has 0 saturated carbocycles. The van der Waals surface area contributed by atoms with Gasteiger partial charge in [0.25, 0.3) is 10.0 Å². The van der Waals surface area contributed by atoms with Gasteiger partial charge in [-0.3, -0.25) is 0 Å². The van der Waals surface area contributed by atoms with Gasteiger partial charge >= 0.3 is 0 Å². The lowest BCUT2D eigenvalue weighted by Crippen LogP contribution is -2.19. The molecule has 3 aromatic rings. The van der Waals surface area contributed by atoms with Crippen molar-refractivity contribution in [2.75, 3.05) is 19.5 Å². The van der Waals surface area contributed by atoms with Crippen molar-refractivity contribution >= 4 is 53.0 Å². The molecule has 0 atom stereocenters. The molecule has 7 nitrogen and oxygen atoms in total. The predicted octanol–water partition coefficient (Wildman–Crippen LogP) is 3.09. The third kappa shape index (κ3) is 5.07. The van der Waals surface area contributed by atoms with Crippen molar-refractivity contribution in [2.24, 2.45) is 4.40 Å². The van der Waals surface area contributed by atoms with Crippen LogP contribution in [-0.2, 0) is 31.1 Å². The molecule has 0 radical (unpaired) electrons. The Morgan fingerprint density at radius 1 is 1.07 bits per heavy atom. The lowest BCUT2D eigenvalue weighted by molar-refractivity contribution is 0.139. The molecule has 0 aliphatic rings. The van der Waals surface area contributed by atoms with Crippen molar-refractivity contribution in [3.63, 3.8) is 0 Å². The summed E-state index contributed by atoms with van der Waals surface area (Å²) in [6, 6.07) is 10.4. The quantitative estimate of drug-likeness (QED) is 0.490. The number of nitrogens with zero attached hydrogens (tertiary/aromatic N) is 2. The van der Waals surface area contributed by atoms with E-state index in [1.54, 1.807) is 10.6 Å². The molecular formula is C18H19ClN2O5S3. The van der Waals surface area contributed by atoms with Crippen LogP contribution >= 0.6 is 22.9 Å². The minimum atomic E-state index is -3.97. The van der Waals surface area contributed by atoms with Crippen molar-refractivity contribution in [1.82, 2.24) is 4.57 Å². The van der Waals surface area contributed by atoms with Gasteiger partial charge in [0.2, 0.25) is 4.80 Å². The van der Waals surface area contributed by atoms with Crippen LogP contribution in [0, 0.1) is 0 Å². The first kappa shape index (κ1) is 22.0. The van der Waals surface area contributed by atoms with Gasteiger partial charge in [0.05, 0.1) is 26.6 Å². The topological polar surface area (TPSA) is 94.8 Å². The van der Waals surface area contributed by atoms with E-state index in [-0.39, 0.29) is 14.6 Å². The van der Waals surface area contributed by atoms with Crippen LogP contribution in [0.4, 0.5) is 0 Å². The van der Waals surface area contributed by atoms with Crippen LogP contribution in [0.5, 0.6) is 0 Å². The van der Waals surface area contributed by atoms with Gasteiger partial charge in [0.15, 0.2) is 9.84 Å². The summed E-state index contributed by atoms with van der Waals surface area (Å²) in [5.74, 6) is 0. The molecule has 0 saturated heterocycles. The Bertz CT molecular complexity index is 1310. The number of sulfonamides is 1. The molecule has 0 aliphatic carbocycles. The normalized spacial score (nSPS) is 13.3. The van der Waals surface area contributed by atoms with Crippen LogP contribution < -0.4 is 4.80 Å². The maximum atomic E-state index is 12.8. The van der Waals surface area contributed by atoms with Crippen molar-refractivity contribution in [3.8, 4) is 0 Å². The summed E-state index contributed by atoms with van der Waals surface area (Å²) in [4.78, 5) is 0.420. The highest BCUT2D eigenvalue weighted by Gasteiger charge is 2.16. The van der Waals surface area contributed by atoms with E-state index >= 15 is 0 Å². The monoisotopic (exact) mass is 474 g/mol. The highest BCUT2D eigenvalue weighted by molar-refractivity contribution is 7.90. The Morgan fingerprint density at radius 3 is 2.34 bits per heavy atom. The van der Waals surface area contributed by atoms with Gasteiger partial charge in [0.1, 0.15) is 0 Å². The summed E-state index contributed by atoms with van der Waals surface area (Å²) in [5, 5.41) is 0.422. The molecule has 3 rings (SSSR count). The van der Waals surface area contributed by atoms with E-state index in [2.05, 4.69) is 4.40 Å². The molecule has 1 heterocycles. The predicted molar refractivity (Wildman–Crippen MR) is 114 cm³/mol. The number of rotatable bonds is 7. The second-order valence-electron chi connectivity index (χ2n) is 6.16. The zero-order valence-electron chi connectivity index (χ0n) is 15.7. The van der Waals surface area contributed by atoms with E-state index in [9.17, 15) is 16.8 Å². The van der Waals surface area contributed by atoms with Gasteiger partial charge in [-0.1, -0.05) is 22.9 Å². The number of hydrogen-bond donors (Lipinski definition) is 0. The Labute approximate surface area is 178 Å². The molecule has 0 bridgehead atoms. The average Bonchev–Trinajstić information content (AvgIpc) is 2.97. The van der Waals surface area contributed by atoms with Crippen molar-refractivity contribution in [2.45, 2.75) is 23.3 Å². The second-order valence-corrected chi connectivity index (χ2v) is 11.2. The van der Waals surface area contributed by atoms with Gasteiger partial charge in [0, 0.05) is 24.4 Å². The number of ether oxygens (including phenoxy) is 1. The van der Waals surface area contributed by atoms with Crippen LogP contribution in [0.2, 0.25) is 5.02 Å². The summed E-state index contributed by atoms with van der Waals surface area (Å²) in [5.41, 5.74) is 0.687. The molecule has 0 N–H and O–H groups in total. The first-order valence-corrected chi connectivity index (χ1v) is 13.1. The molecule has 0 fully saturated rings. The smallest absolute Gasteiger partial charge is 0.285 e. The van der Waals surface area contributed by atoms with Crippen LogP contribution in [-0.4, -0.2) is 40.9 Å². The number of fused-ring (bicyclic) bond motifs is 1. The maximum absolute atomic E-state index is 12.8. The van der Waals surface area contributed by atoms with Gasteiger partial charge in [-0.25, -0.2) is 8.42 Å². The van der Waals surface area contributed by atoms with Crippen LogP contribution in [0.25, 0.3) is 10.2 Å². The van der Waals surface area contributed by atoms with E-state index in [1.165, 1.54) is 36.4 Å². The fourth-order valence-electron chi connectivity index (χ4n) is 2.63. The van der Waals surface area contributed by atoms with E-state index in [0.29, 0.717) is 35.0 Å². The molecule has 156 valence electrons. The summed E-state index contributed by atoms with van der Waals surface area (Å²) < 4.78 is 61.0. The number of hydrogen-bond acceptors (Lipinski definition) is 6. The standard InChI is InChI=1S/C18H19ClN2O5S3/c1-3-26-11-10-21-16-9-8-15(28(2,22)23)12-17(16)27-18(21)20-29(24,25)14-6-4-13(19)5-7-14/h4-9,12H,3,10-11H2,1-2H3/b20-18-. The summed E-state index contributed by atoms with van der Waals surface area (Å²) in [6.45, 7) is 3.13. The second kappa shape index (κ2) is 8.57. The maximum Gasteiger partial charge on any atom is 0.285 e. The lowest BCUT2D eigenvalue weighted by atomic mass is 10.3. The Balaban J connectivity index is 2.19. The van der Waals surface area contributed by atoms with E-state index in [4.69, 9.17) is 16.3 Å². The van der Waals surface area contributed by atoms with E-state index in [1.807, 2.05) is 6.92 Å². The Hall–Kier alpha value is -1.72. The van der Waals surface area contributed by atoms with Crippen LogP contribution in [0.3, 0.4) is 0 Å². The number of halogens is 1. The van der Waals surface area contributed by atoms with Crippen LogP contribution in [0.15, 0.2) is 56.7 Å². The number of sulfone groups is 1. The van der Waals surface area contributed by atoms with Gasteiger partial charge < -0.3 is 9.30 Å². The summed E-state index contributed by atoms with van der Waals surface area (Å²) in [6.07, 6.45) is 1.13. The highest BCUT2D eigenvalue weighted by Crippen LogP contribution is 2.23. The van der Waals surface area contributed by atoms with Crippen molar-refractivity contribution in [3.05, 3.63) is 52.3 Å². The third-order valence-corrected chi connectivity index (χ3v) is 7.86. The molecular weight excluding hydrogens is 456 g/mol. The minimum absolute atomic E-state index is 0.0209. The molecule has 0 unspecified atom stereocenters. The van der Waals surface area contributed by atoms with Crippen LogP contribution in [0.1, 0.15) is 6.92 Å². The van der Waals surface area contributed by atoms with Gasteiger partial charge in [-0.2, -0.15) is 8.42 Å². The molecule has 29 heavy (non-hydrogen) atoms. The van der Waals surface area contributed by atoms with Gasteiger partial charge in [-0.15, -0.1) is 4.40 Å². The number of thiazole rings is 1. The SMILES string of the molecule is CCOCCn1/c(=N/S(=O)(=O)c2ccc(Cl)cc2)sc2cc(S(C)(=O)=O)ccc21. The fourth-order valence-corrected chi connectivity index (χ4v) is 5.78. The molecule has 11 heteroatoms. The number of aromatic nitrogens is 1. The lowest BCUT2D eigenvalue weighted by Gasteiger charge is -2.06. The van der Waals surface area contributed by atoms with E-state index in [0.717, 1.165) is 17.6 Å². The molecule has 2 aromatic carbocycles. The van der Waals surface area contributed by atoms with Gasteiger partial charge in [-0.05, 0) is 49.4 Å². The largest absolute Gasteiger partial charge is 0.380 e. The molecule has 0 aliphatic heterocycles. The molecule has 1 aromatic heterocycles. The molecule has 0 spiro atoms. The first-order chi connectivity index (χ1) is 13.6.